The van der Waals surface area contributed by atoms with Gasteiger partial charge >= 0.3 is 0 Å². The largest absolute Gasteiger partial charge is 0.493 e. The molecule has 4 aliphatic rings. The van der Waals surface area contributed by atoms with Crippen molar-refractivity contribution in [3.05, 3.63) is 87.2 Å². The Kier molecular flexibility index (Phi) is 4.05. The van der Waals surface area contributed by atoms with E-state index in [0.717, 1.165) is 63.2 Å². The number of aryl methyl sites for hydroxylation is 2. The zero-order chi connectivity index (χ0) is 21.1. The van der Waals surface area contributed by atoms with E-state index in [4.69, 9.17) is 14.5 Å². The molecule has 0 bridgehead atoms. The summed E-state index contributed by atoms with van der Waals surface area (Å²) in [5.41, 5.74) is 13.1. The van der Waals surface area contributed by atoms with Gasteiger partial charge in [0.05, 0.1) is 24.6 Å². The summed E-state index contributed by atoms with van der Waals surface area (Å²) in [5.74, 6) is 2.09. The molecule has 0 atom stereocenters. The van der Waals surface area contributed by atoms with E-state index in [0.29, 0.717) is 0 Å². The first kappa shape index (κ1) is 18.3. The number of hydrogen-bond donors (Lipinski definition) is 0. The van der Waals surface area contributed by atoms with Gasteiger partial charge in [-0.15, -0.1) is 0 Å². The summed E-state index contributed by atoms with van der Waals surface area (Å²) in [6, 6.07) is 15.6. The van der Waals surface area contributed by atoms with E-state index in [1.54, 1.807) is 0 Å². The van der Waals surface area contributed by atoms with Crippen LogP contribution in [0.3, 0.4) is 0 Å². The summed E-state index contributed by atoms with van der Waals surface area (Å²) in [7, 11) is 0. The molecule has 0 unspecified atom stereocenters. The van der Waals surface area contributed by atoms with Gasteiger partial charge in [-0.1, -0.05) is 18.2 Å². The SMILES string of the molecule is C(=C1\CCc2cc3c(nc21)/C(=C\c1ccc2c(c1)CCO2)CC3)/c1ccc2c(c1)CCO2. The smallest absolute Gasteiger partial charge is 0.122 e. The van der Waals surface area contributed by atoms with Gasteiger partial charge in [0, 0.05) is 12.8 Å². The molecule has 0 spiro atoms. The Bertz CT molecular complexity index is 1230. The molecular formula is C29H25NO2. The van der Waals surface area contributed by atoms with Gasteiger partial charge in [0.15, 0.2) is 0 Å². The van der Waals surface area contributed by atoms with Crippen LogP contribution in [0.15, 0.2) is 42.5 Å². The second-order valence-electron chi connectivity index (χ2n) is 9.27. The zero-order valence-electron chi connectivity index (χ0n) is 18.1. The number of hydrogen-bond acceptors (Lipinski definition) is 3. The van der Waals surface area contributed by atoms with Crippen LogP contribution < -0.4 is 9.47 Å². The number of ether oxygens (including phenoxy) is 2. The topological polar surface area (TPSA) is 31.4 Å². The minimum absolute atomic E-state index is 0.804. The Balaban J connectivity index is 1.25. The first-order valence-corrected chi connectivity index (χ1v) is 11.8. The quantitative estimate of drug-likeness (QED) is 0.516. The summed E-state index contributed by atoms with van der Waals surface area (Å²) in [6.45, 7) is 1.61. The minimum Gasteiger partial charge on any atom is -0.493 e. The lowest BCUT2D eigenvalue weighted by atomic mass is 10.0. The Morgan fingerprint density at radius 2 is 1.09 bits per heavy atom. The molecule has 3 nitrogen and oxygen atoms in total. The Hall–Kier alpha value is -3.33. The van der Waals surface area contributed by atoms with Crippen molar-refractivity contribution in [2.75, 3.05) is 13.2 Å². The molecule has 3 heteroatoms. The highest BCUT2D eigenvalue weighted by atomic mass is 16.5. The molecule has 2 aliphatic heterocycles. The van der Waals surface area contributed by atoms with Crippen molar-refractivity contribution in [3.8, 4) is 11.5 Å². The van der Waals surface area contributed by atoms with Crippen molar-refractivity contribution in [1.82, 2.24) is 4.98 Å². The number of aromatic nitrogens is 1. The van der Waals surface area contributed by atoms with Crippen LogP contribution in [0.5, 0.6) is 11.5 Å². The molecular weight excluding hydrogens is 394 g/mol. The Labute approximate surface area is 188 Å². The number of nitrogens with zero attached hydrogens (tertiary/aromatic N) is 1. The molecule has 0 saturated carbocycles. The number of rotatable bonds is 2. The molecule has 7 rings (SSSR count). The lowest BCUT2D eigenvalue weighted by Crippen LogP contribution is -1.95. The van der Waals surface area contributed by atoms with Gasteiger partial charge in [0.1, 0.15) is 11.5 Å². The summed E-state index contributed by atoms with van der Waals surface area (Å²) in [5, 5.41) is 0. The highest BCUT2D eigenvalue weighted by molar-refractivity contribution is 5.88. The second kappa shape index (κ2) is 7.09. The molecule has 0 saturated heterocycles. The normalized spacial score (nSPS) is 20.1. The maximum atomic E-state index is 5.67. The predicted molar refractivity (Wildman–Crippen MR) is 128 cm³/mol. The molecule has 32 heavy (non-hydrogen) atoms. The fourth-order valence-electron chi connectivity index (χ4n) is 5.59. The lowest BCUT2D eigenvalue weighted by molar-refractivity contribution is 0.356. The van der Waals surface area contributed by atoms with Gasteiger partial charge in [-0.05, 0) is 107 Å². The van der Waals surface area contributed by atoms with Crippen LogP contribution in [-0.4, -0.2) is 18.2 Å². The van der Waals surface area contributed by atoms with Crippen LogP contribution in [0.25, 0.3) is 23.3 Å². The van der Waals surface area contributed by atoms with Crippen molar-refractivity contribution >= 4 is 23.3 Å². The maximum absolute atomic E-state index is 5.67. The average Bonchev–Trinajstić information content (AvgIpc) is 3.59. The summed E-state index contributed by atoms with van der Waals surface area (Å²) < 4.78 is 11.3. The molecule has 0 radical (unpaired) electrons. The van der Waals surface area contributed by atoms with Gasteiger partial charge in [-0.3, -0.25) is 0 Å². The van der Waals surface area contributed by atoms with E-state index in [1.165, 1.54) is 55.9 Å². The Morgan fingerprint density at radius 3 is 1.62 bits per heavy atom. The summed E-state index contributed by atoms with van der Waals surface area (Å²) >= 11 is 0. The third-order valence-electron chi connectivity index (χ3n) is 7.22. The van der Waals surface area contributed by atoms with Crippen molar-refractivity contribution in [2.45, 2.75) is 38.5 Å². The molecule has 0 fully saturated rings. The second-order valence-corrected chi connectivity index (χ2v) is 9.27. The number of benzene rings is 2. The van der Waals surface area contributed by atoms with Gasteiger partial charge in [-0.25, -0.2) is 4.98 Å². The van der Waals surface area contributed by atoms with Crippen molar-refractivity contribution in [2.24, 2.45) is 0 Å². The number of allylic oxidation sites excluding steroid dienone is 2. The number of pyridine rings is 1. The highest BCUT2D eigenvalue weighted by Gasteiger charge is 2.25. The molecule has 0 N–H and O–H groups in total. The third-order valence-corrected chi connectivity index (χ3v) is 7.22. The van der Waals surface area contributed by atoms with Crippen LogP contribution >= 0.6 is 0 Å². The molecule has 2 aliphatic carbocycles. The van der Waals surface area contributed by atoms with Gasteiger partial charge in [0.2, 0.25) is 0 Å². The van der Waals surface area contributed by atoms with E-state index >= 15 is 0 Å². The molecule has 0 amide bonds. The first-order chi connectivity index (χ1) is 15.8. The highest BCUT2D eigenvalue weighted by Crippen LogP contribution is 2.40. The van der Waals surface area contributed by atoms with E-state index in [-0.39, 0.29) is 0 Å². The number of fused-ring (bicyclic) bond motifs is 4. The van der Waals surface area contributed by atoms with Crippen LogP contribution in [0, 0.1) is 0 Å². The van der Waals surface area contributed by atoms with Crippen molar-refractivity contribution in [1.29, 1.82) is 0 Å². The summed E-state index contributed by atoms with van der Waals surface area (Å²) in [4.78, 5) is 5.25. The van der Waals surface area contributed by atoms with Crippen LogP contribution in [-0.2, 0) is 25.7 Å². The average molecular weight is 420 g/mol. The first-order valence-electron chi connectivity index (χ1n) is 11.8. The van der Waals surface area contributed by atoms with Crippen molar-refractivity contribution < 1.29 is 9.47 Å². The summed E-state index contributed by atoms with van der Waals surface area (Å²) in [6.07, 6.45) is 11.0. The van der Waals surface area contributed by atoms with E-state index < -0.39 is 0 Å². The van der Waals surface area contributed by atoms with Crippen LogP contribution in [0.2, 0.25) is 0 Å². The third kappa shape index (κ3) is 2.99. The van der Waals surface area contributed by atoms with Gasteiger partial charge in [-0.2, -0.15) is 0 Å². The van der Waals surface area contributed by atoms with Gasteiger partial charge in [0.25, 0.3) is 0 Å². The predicted octanol–water partition coefficient (Wildman–Crippen LogP) is 5.93. The molecule has 3 heterocycles. The zero-order valence-corrected chi connectivity index (χ0v) is 18.1. The molecule has 158 valence electrons. The standard InChI is InChI=1S/C29H25NO2/c1-7-26-20(9-11-31-26)13-18(1)15-22-3-5-24-17-25-6-4-23(29(25)30-28(22)24)16-19-2-8-27-21(14-19)10-12-32-27/h1-2,7-8,13-17H,3-6,9-12H2/b22-15-,23-16-. The fraction of sp³-hybridized carbons (Fsp3) is 0.276. The monoisotopic (exact) mass is 419 g/mol. The Morgan fingerprint density at radius 1 is 0.562 bits per heavy atom. The van der Waals surface area contributed by atoms with Crippen molar-refractivity contribution in [3.63, 3.8) is 0 Å². The van der Waals surface area contributed by atoms with Gasteiger partial charge < -0.3 is 9.47 Å². The molecule has 3 aromatic rings. The fourth-order valence-corrected chi connectivity index (χ4v) is 5.59. The van der Waals surface area contributed by atoms with Crippen LogP contribution in [0.1, 0.15) is 57.6 Å². The molecule has 2 aromatic carbocycles. The van der Waals surface area contributed by atoms with E-state index in [1.807, 2.05) is 0 Å². The van der Waals surface area contributed by atoms with E-state index in [9.17, 15) is 0 Å². The minimum atomic E-state index is 0.804. The molecule has 1 aromatic heterocycles. The maximum Gasteiger partial charge on any atom is 0.122 e. The lowest BCUT2D eigenvalue weighted by Gasteiger charge is -2.08. The van der Waals surface area contributed by atoms with E-state index in [2.05, 4.69) is 54.6 Å². The van der Waals surface area contributed by atoms with Crippen LogP contribution in [0.4, 0.5) is 0 Å².